The summed E-state index contributed by atoms with van der Waals surface area (Å²) in [5, 5.41) is 11.6. The first-order chi connectivity index (χ1) is 15.6. The standard InChI is InChI=1S/C28H31NO3/c1-22-9-8-14-26(19-22)28(31,25-12-6-3-7-13-25)27(30)32-21-24-15-17-29(18-16-24)20-23-10-4-2-5-11-23/h2-14,19,24,31H,15-18,20-21H2,1H3/t28-/m0/s1. The predicted molar refractivity (Wildman–Crippen MR) is 126 cm³/mol. The Morgan fingerprint density at radius 2 is 1.56 bits per heavy atom. The van der Waals surface area contributed by atoms with Crippen LogP contribution in [0.25, 0.3) is 0 Å². The maximum absolute atomic E-state index is 13.2. The fourth-order valence-electron chi connectivity index (χ4n) is 4.40. The van der Waals surface area contributed by atoms with Crippen LogP contribution in [0.1, 0.15) is 35.1 Å². The first-order valence-electron chi connectivity index (χ1n) is 11.3. The molecule has 4 nitrogen and oxygen atoms in total. The minimum absolute atomic E-state index is 0.309. The maximum atomic E-state index is 13.2. The molecule has 4 rings (SSSR count). The Bertz CT molecular complexity index is 1010. The van der Waals surface area contributed by atoms with Gasteiger partial charge in [-0.05, 0) is 55.5 Å². The highest BCUT2D eigenvalue weighted by Gasteiger charge is 2.42. The van der Waals surface area contributed by atoms with Gasteiger partial charge in [0.1, 0.15) is 0 Å². The number of hydrogen-bond acceptors (Lipinski definition) is 4. The Morgan fingerprint density at radius 3 is 2.22 bits per heavy atom. The van der Waals surface area contributed by atoms with Gasteiger partial charge in [-0.15, -0.1) is 0 Å². The van der Waals surface area contributed by atoms with Crippen LogP contribution in [0.5, 0.6) is 0 Å². The molecule has 0 aromatic heterocycles. The highest BCUT2D eigenvalue weighted by atomic mass is 16.5. The lowest BCUT2D eigenvalue weighted by molar-refractivity contribution is -0.164. The van der Waals surface area contributed by atoms with Gasteiger partial charge in [0.2, 0.25) is 5.60 Å². The third-order valence-corrected chi connectivity index (χ3v) is 6.33. The van der Waals surface area contributed by atoms with Gasteiger partial charge in [-0.3, -0.25) is 4.90 Å². The molecule has 1 N–H and O–H groups in total. The summed E-state index contributed by atoms with van der Waals surface area (Å²) >= 11 is 0. The van der Waals surface area contributed by atoms with Crippen LogP contribution in [0.4, 0.5) is 0 Å². The van der Waals surface area contributed by atoms with E-state index in [1.54, 1.807) is 18.2 Å². The van der Waals surface area contributed by atoms with Crippen LogP contribution < -0.4 is 0 Å². The molecular weight excluding hydrogens is 398 g/mol. The van der Waals surface area contributed by atoms with Crippen molar-refractivity contribution >= 4 is 5.97 Å². The van der Waals surface area contributed by atoms with Crippen molar-refractivity contribution in [2.75, 3.05) is 19.7 Å². The second-order valence-electron chi connectivity index (χ2n) is 8.75. The summed E-state index contributed by atoms with van der Waals surface area (Å²) in [5.74, 6) is -0.301. The monoisotopic (exact) mass is 429 g/mol. The van der Waals surface area contributed by atoms with Crippen molar-refractivity contribution in [2.24, 2.45) is 5.92 Å². The minimum Gasteiger partial charge on any atom is -0.463 e. The summed E-state index contributed by atoms with van der Waals surface area (Å²) in [6.07, 6.45) is 1.96. The minimum atomic E-state index is -1.82. The molecule has 0 aliphatic carbocycles. The molecule has 0 amide bonds. The van der Waals surface area contributed by atoms with Crippen molar-refractivity contribution in [3.05, 3.63) is 107 Å². The van der Waals surface area contributed by atoms with Gasteiger partial charge in [-0.25, -0.2) is 4.79 Å². The van der Waals surface area contributed by atoms with Gasteiger partial charge < -0.3 is 9.84 Å². The average molecular weight is 430 g/mol. The Labute approximate surface area is 190 Å². The Morgan fingerprint density at radius 1 is 0.938 bits per heavy atom. The third-order valence-electron chi connectivity index (χ3n) is 6.33. The average Bonchev–Trinajstić information content (AvgIpc) is 2.84. The van der Waals surface area contributed by atoms with Gasteiger partial charge in [-0.2, -0.15) is 0 Å². The Kier molecular flexibility index (Phi) is 7.03. The molecule has 1 fully saturated rings. The molecule has 3 aromatic carbocycles. The quantitative estimate of drug-likeness (QED) is 0.554. The molecule has 0 radical (unpaired) electrons. The molecule has 4 heteroatoms. The second-order valence-corrected chi connectivity index (χ2v) is 8.75. The molecule has 1 aliphatic heterocycles. The van der Waals surface area contributed by atoms with E-state index in [0.29, 0.717) is 23.7 Å². The number of aryl methyl sites for hydroxylation is 1. The van der Waals surface area contributed by atoms with Crippen molar-refractivity contribution in [2.45, 2.75) is 31.9 Å². The normalized spacial score (nSPS) is 16.9. The van der Waals surface area contributed by atoms with E-state index in [0.717, 1.165) is 38.0 Å². The molecule has 1 atom stereocenters. The summed E-state index contributed by atoms with van der Waals surface area (Å²) in [6.45, 7) is 5.20. The number of carbonyl (C=O) groups is 1. The number of nitrogens with zero attached hydrogens (tertiary/aromatic N) is 1. The van der Waals surface area contributed by atoms with E-state index in [2.05, 4.69) is 29.2 Å². The van der Waals surface area contributed by atoms with Crippen molar-refractivity contribution in [1.82, 2.24) is 4.90 Å². The van der Waals surface area contributed by atoms with Crippen LogP contribution in [0.15, 0.2) is 84.9 Å². The molecule has 166 valence electrons. The van der Waals surface area contributed by atoms with E-state index in [-0.39, 0.29) is 0 Å². The van der Waals surface area contributed by atoms with Gasteiger partial charge in [0, 0.05) is 6.54 Å². The molecule has 1 heterocycles. The number of esters is 1. The number of benzene rings is 3. The zero-order valence-corrected chi connectivity index (χ0v) is 18.6. The molecule has 0 spiro atoms. The van der Waals surface area contributed by atoms with E-state index in [9.17, 15) is 9.90 Å². The summed E-state index contributed by atoms with van der Waals surface area (Å²) in [5.41, 5.74) is 1.54. The van der Waals surface area contributed by atoms with Crippen molar-refractivity contribution < 1.29 is 14.6 Å². The maximum Gasteiger partial charge on any atom is 0.347 e. The van der Waals surface area contributed by atoms with Crippen LogP contribution in [0, 0.1) is 12.8 Å². The fourth-order valence-corrected chi connectivity index (χ4v) is 4.40. The number of ether oxygens (including phenoxy) is 1. The molecule has 0 unspecified atom stereocenters. The first kappa shape index (κ1) is 22.3. The summed E-state index contributed by atoms with van der Waals surface area (Å²) < 4.78 is 5.74. The molecular formula is C28H31NO3. The molecule has 1 aliphatic rings. The molecule has 3 aromatic rings. The van der Waals surface area contributed by atoms with E-state index in [1.807, 2.05) is 49.4 Å². The van der Waals surface area contributed by atoms with Gasteiger partial charge >= 0.3 is 5.97 Å². The number of carbonyl (C=O) groups excluding carboxylic acids is 1. The lowest BCUT2D eigenvalue weighted by Crippen LogP contribution is -2.40. The zero-order chi connectivity index (χ0) is 22.4. The summed E-state index contributed by atoms with van der Waals surface area (Å²) in [6, 6.07) is 27.0. The van der Waals surface area contributed by atoms with Crippen molar-refractivity contribution in [3.63, 3.8) is 0 Å². The van der Waals surface area contributed by atoms with Crippen LogP contribution in [-0.2, 0) is 21.7 Å². The van der Waals surface area contributed by atoms with Crippen LogP contribution >= 0.6 is 0 Å². The highest BCUT2D eigenvalue weighted by Crippen LogP contribution is 2.32. The number of hydrogen-bond donors (Lipinski definition) is 1. The highest BCUT2D eigenvalue weighted by molar-refractivity contribution is 5.85. The van der Waals surface area contributed by atoms with Gasteiger partial charge in [0.15, 0.2) is 0 Å². The fraction of sp³-hybridized carbons (Fsp3) is 0.321. The Balaban J connectivity index is 1.39. The number of rotatable bonds is 7. The predicted octanol–water partition coefficient (Wildman–Crippen LogP) is 4.69. The van der Waals surface area contributed by atoms with Crippen molar-refractivity contribution in [1.29, 1.82) is 0 Å². The van der Waals surface area contributed by atoms with E-state index >= 15 is 0 Å². The SMILES string of the molecule is Cc1cccc([C@](O)(C(=O)OCC2CCN(Cc3ccccc3)CC2)c2ccccc2)c1. The van der Waals surface area contributed by atoms with E-state index in [4.69, 9.17) is 4.74 Å². The van der Waals surface area contributed by atoms with Crippen LogP contribution in [-0.4, -0.2) is 35.7 Å². The largest absolute Gasteiger partial charge is 0.463 e. The second kappa shape index (κ2) is 10.1. The van der Waals surface area contributed by atoms with Gasteiger partial charge in [-0.1, -0.05) is 90.5 Å². The van der Waals surface area contributed by atoms with Gasteiger partial charge in [0.05, 0.1) is 6.61 Å². The molecule has 0 saturated carbocycles. The molecule has 1 saturated heterocycles. The summed E-state index contributed by atoms with van der Waals surface area (Å²) in [4.78, 5) is 15.7. The van der Waals surface area contributed by atoms with E-state index in [1.165, 1.54) is 5.56 Å². The van der Waals surface area contributed by atoms with Crippen LogP contribution in [0.2, 0.25) is 0 Å². The molecule has 32 heavy (non-hydrogen) atoms. The topological polar surface area (TPSA) is 49.8 Å². The summed E-state index contributed by atoms with van der Waals surface area (Å²) in [7, 11) is 0. The van der Waals surface area contributed by atoms with Crippen molar-refractivity contribution in [3.8, 4) is 0 Å². The lowest BCUT2D eigenvalue weighted by Gasteiger charge is -2.33. The number of likely N-dealkylation sites (tertiary alicyclic amines) is 1. The number of aliphatic hydroxyl groups is 1. The molecule has 0 bridgehead atoms. The number of piperidine rings is 1. The third kappa shape index (κ3) is 5.09. The Hall–Kier alpha value is -2.95. The van der Waals surface area contributed by atoms with Crippen LogP contribution in [0.3, 0.4) is 0 Å². The zero-order valence-electron chi connectivity index (χ0n) is 18.6. The van der Waals surface area contributed by atoms with E-state index < -0.39 is 11.6 Å². The first-order valence-corrected chi connectivity index (χ1v) is 11.3. The smallest absolute Gasteiger partial charge is 0.347 e. The van der Waals surface area contributed by atoms with Gasteiger partial charge in [0.25, 0.3) is 0 Å². The lowest BCUT2D eigenvalue weighted by atomic mass is 9.85.